The highest BCUT2D eigenvalue weighted by Gasteiger charge is 2.33. The van der Waals surface area contributed by atoms with Gasteiger partial charge in [0, 0.05) is 18.1 Å². The Hall–Kier alpha value is -2.32. The lowest BCUT2D eigenvalue weighted by atomic mass is 10.2. The maximum absolute atomic E-state index is 11.9. The molecule has 9 heteroatoms. The van der Waals surface area contributed by atoms with Gasteiger partial charge < -0.3 is 9.64 Å². The van der Waals surface area contributed by atoms with Crippen LogP contribution in [0.4, 0.5) is 5.82 Å². The van der Waals surface area contributed by atoms with Gasteiger partial charge in [-0.25, -0.2) is 9.67 Å². The van der Waals surface area contributed by atoms with Gasteiger partial charge in [-0.05, 0) is 38.0 Å². The summed E-state index contributed by atoms with van der Waals surface area (Å²) in [4.78, 5) is 23.5. The third-order valence-electron chi connectivity index (χ3n) is 4.69. The van der Waals surface area contributed by atoms with Crippen molar-refractivity contribution in [2.75, 3.05) is 20.2 Å². The van der Waals surface area contributed by atoms with Gasteiger partial charge in [0.1, 0.15) is 11.1 Å². The molecule has 0 unspecified atom stereocenters. The zero-order chi connectivity index (χ0) is 19.8. The summed E-state index contributed by atoms with van der Waals surface area (Å²) in [6.45, 7) is 5.34. The number of esters is 1. The molecule has 3 heterocycles. The Morgan fingerprint density at radius 1 is 1.39 bits per heavy atom. The first kappa shape index (κ1) is 19.0. The Morgan fingerprint density at radius 2 is 2.21 bits per heavy atom. The predicted molar refractivity (Wildman–Crippen MR) is 112 cm³/mol. The van der Waals surface area contributed by atoms with Gasteiger partial charge in [0.15, 0.2) is 11.0 Å². The SMILES string of the molecule is COC(=O)[C@H](C)SC1=Nc2c(cnn2-c2ccc(C)c(Cl)c2)C2=NCCCN12. The van der Waals surface area contributed by atoms with E-state index in [1.807, 2.05) is 32.0 Å². The van der Waals surface area contributed by atoms with E-state index < -0.39 is 0 Å². The summed E-state index contributed by atoms with van der Waals surface area (Å²) in [5.41, 5.74) is 2.71. The summed E-state index contributed by atoms with van der Waals surface area (Å²) >= 11 is 7.68. The van der Waals surface area contributed by atoms with Gasteiger partial charge in [-0.15, -0.1) is 0 Å². The quantitative estimate of drug-likeness (QED) is 0.713. The number of aromatic nitrogens is 2. The molecule has 2 aliphatic rings. The average Bonchev–Trinajstić information content (AvgIpc) is 3.13. The van der Waals surface area contributed by atoms with Gasteiger partial charge in [-0.1, -0.05) is 29.4 Å². The van der Waals surface area contributed by atoms with Crippen LogP contribution in [0.3, 0.4) is 0 Å². The van der Waals surface area contributed by atoms with Crippen LogP contribution in [0.1, 0.15) is 24.5 Å². The Bertz CT molecular complexity index is 1000. The summed E-state index contributed by atoms with van der Waals surface area (Å²) in [5.74, 6) is 1.25. The first-order valence-corrected chi connectivity index (χ1v) is 10.3. The zero-order valence-electron chi connectivity index (χ0n) is 15.8. The molecule has 28 heavy (non-hydrogen) atoms. The molecule has 1 atom stereocenters. The van der Waals surface area contributed by atoms with Crippen molar-refractivity contribution in [1.29, 1.82) is 0 Å². The molecule has 2 aromatic rings. The second kappa shape index (κ2) is 7.60. The highest BCUT2D eigenvalue weighted by molar-refractivity contribution is 8.14. The first-order chi connectivity index (χ1) is 13.5. The number of fused-ring (bicyclic) bond motifs is 3. The molecule has 0 aliphatic carbocycles. The molecule has 0 spiro atoms. The number of nitrogens with zero attached hydrogens (tertiary/aromatic N) is 5. The van der Waals surface area contributed by atoms with Gasteiger partial charge in [-0.2, -0.15) is 5.10 Å². The number of ether oxygens (including phenoxy) is 1. The Kier molecular flexibility index (Phi) is 5.16. The number of aryl methyl sites for hydroxylation is 1. The molecule has 1 aromatic heterocycles. The topological polar surface area (TPSA) is 72.1 Å². The molecule has 0 fully saturated rings. The fourth-order valence-corrected chi connectivity index (χ4v) is 4.27. The number of benzene rings is 1. The van der Waals surface area contributed by atoms with Gasteiger partial charge in [0.05, 0.1) is 24.6 Å². The summed E-state index contributed by atoms with van der Waals surface area (Å²) in [6, 6.07) is 5.79. The van der Waals surface area contributed by atoms with Crippen LogP contribution in [0.25, 0.3) is 5.69 Å². The van der Waals surface area contributed by atoms with Crippen molar-refractivity contribution in [1.82, 2.24) is 14.7 Å². The van der Waals surface area contributed by atoms with E-state index >= 15 is 0 Å². The number of carbonyl (C=O) groups excluding carboxylic acids is 1. The smallest absolute Gasteiger partial charge is 0.318 e. The van der Waals surface area contributed by atoms with Gasteiger partial charge in [0.25, 0.3) is 0 Å². The van der Waals surface area contributed by atoms with E-state index in [1.54, 1.807) is 10.9 Å². The molecule has 2 aliphatic heterocycles. The Balaban J connectivity index is 1.80. The average molecular weight is 418 g/mol. The maximum Gasteiger partial charge on any atom is 0.318 e. The van der Waals surface area contributed by atoms with Crippen molar-refractivity contribution < 1.29 is 9.53 Å². The molecule has 4 rings (SSSR count). The van der Waals surface area contributed by atoms with Crippen molar-refractivity contribution in [2.45, 2.75) is 25.5 Å². The second-order valence-corrected chi connectivity index (χ2v) is 8.33. The van der Waals surface area contributed by atoms with Crippen LogP contribution < -0.4 is 0 Å². The Morgan fingerprint density at radius 3 is 2.96 bits per heavy atom. The zero-order valence-corrected chi connectivity index (χ0v) is 17.4. The molecule has 0 saturated heterocycles. The van der Waals surface area contributed by atoms with Crippen LogP contribution in [0, 0.1) is 6.92 Å². The van der Waals surface area contributed by atoms with Crippen LogP contribution in [0.15, 0.2) is 34.4 Å². The molecule has 0 amide bonds. The monoisotopic (exact) mass is 417 g/mol. The number of hydrogen-bond acceptors (Lipinski definition) is 7. The third kappa shape index (κ3) is 3.31. The minimum absolute atomic E-state index is 0.284. The molecular weight excluding hydrogens is 398 g/mol. The fraction of sp³-hybridized carbons (Fsp3) is 0.368. The maximum atomic E-state index is 11.9. The highest BCUT2D eigenvalue weighted by Crippen LogP contribution is 2.35. The normalized spacial score (nSPS) is 16.6. The Labute approximate surface area is 172 Å². The van der Waals surface area contributed by atoms with Gasteiger partial charge >= 0.3 is 5.97 Å². The first-order valence-electron chi connectivity index (χ1n) is 8.99. The summed E-state index contributed by atoms with van der Waals surface area (Å²) in [6.07, 6.45) is 2.72. The van der Waals surface area contributed by atoms with E-state index in [9.17, 15) is 4.79 Å². The predicted octanol–water partition coefficient (Wildman–Crippen LogP) is 3.58. The number of methoxy groups -OCH3 is 1. The summed E-state index contributed by atoms with van der Waals surface area (Å²) < 4.78 is 6.63. The van der Waals surface area contributed by atoms with Crippen LogP contribution >= 0.6 is 23.4 Å². The molecule has 7 nitrogen and oxygen atoms in total. The lowest BCUT2D eigenvalue weighted by molar-refractivity contribution is -0.139. The molecule has 146 valence electrons. The third-order valence-corrected chi connectivity index (χ3v) is 6.17. The van der Waals surface area contributed by atoms with Crippen molar-refractivity contribution in [2.24, 2.45) is 9.98 Å². The van der Waals surface area contributed by atoms with E-state index in [-0.39, 0.29) is 11.2 Å². The van der Waals surface area contributed by atoms with Crippen LogP contribution in [-0.2, 0) is 9.53 Å². The number of amidine groups is 2. The van der Waals surface area contributed by atoms with Crippen LogP contribution in [0.5, 0.6) is 0 Å². The largest absolute Gasteiger partial charge is 0.468 e. The molecule has 1 aromatic carbocycles. The van der Waals surface area contributed by atoms with Gasteiger partial charge in [0.2, 0.25) is 0 Å². The number of rotatable bonds is 3. The van der Waals surface area contributed by atoms with Gasteiger partial charge in [-0.3, -0.25) is 9.79 Å². The molecular formula is C19H20ClN5O2S. The summed E-state index contributed by atoms with van der Waals surface area (Å²) in [5, 5.41) is 5.56. The van der Waals surface area contributed by atoms with E-state index in [1.165, 1.54) is 18.9 Å². The molecule has 0 saturated carbocycles. The second-order valence-electron chi connectivity index (χ2n) is 6.62. The van der Waals surface area contributed by atoms with Crippen LogP contribution in [0.2, 0.25) is 5.02 Å². The van der Waals surface area contributed by atoms with Crippen molar-refractivity contribution >= 4 is 46.2 Å². The highest BCUT2D eigenvalue weighted by atomic mass is 35.5. The number of hydrogen-bond donors (Lipinski definition) is 0. The molecule has 0 radical (unpaired) electrons. The van der Waals surface area contributed by atoms with Crippen molar-refractivity contribution in [3.8, 4) is 5.69 Å². The number of thioether (sulfide) groups is 1. The van der Waals surface area contributed by atoms with E-state index in [2.05, 4.69) is 10.00 Å². The van der Waals surface area contributed by atoms with Crippen molar-refractivity contribution in [3.63, 3.8) is 0 Å². The van der Waals surface area contributed by atoms with Crippen LogP contribution in [-0.4, -0.2) is 57.1 Å². The van der Waals surface area contributed by atoms with E-state index in [0.29, 0.717) is 10.8 Å². The fourth-order valence-electron chi connectivity index (χ4n) is 3.14. The van der Waals surface area contributed by atoms with E-state index in [0.717, 1.165) is 47.3 Å². The minimum atomic E-state index is -0.376. The summed E-state index contributed by atoms with van der Waals surface area (Å²) in [7, 11) is 1.39. The van der Waals surface area contributed by atoms with E-state index in [4.69, 9.17) is 26.3 Å². The lowest BCUT2D eigenvalue weighted by Gasteiger charge is -2.33. The lowest BCUT2D eigenvalue weighted by Crippen LogP contribution is -2.42. The number of carbonyl (C=O) groups is 1. The molecule has 0 bridgehead atoms. The number of aliphatic imine (C=N–C) groups is 2. The molecule has 0 N–H and O–H groups in total. The number of halogens is 1. The van der Waals surface area contributed by atoms with Crippen molar-refractivity contribution in [3.05, 3.63) is 40.5 Å². The minimum Gasteiger partial charge on any atom is -0.468 e. The standard InChI is InChI=1S/C19H20ClN5O2S/c1-11-5-6-13(9-15(11)20)25-17-14(10-22-25)16-21-7-4-8-24(16)19(23-17)28-12(2)18(26)27-3/h5-6,9-10,12H,4,7-8H2,1-3H3/t12-/m0/s1.